The summed E-state index contributed by atoms with van der Waals surface area (Å²) in [5.41, 5.74) is 1.72. The summed E-state index contributed by atoms with van der Waals surface area (Å²) in [4.78, 5) is 28.3. The van der Waals surface area contributed by atoms with Crippen LogP contribution >= 0.6 is 11.3 Å². The molecule has 0 aliphatic carbocycles. The number of carbonyl (C=O) groups is 2. The summed E-state index contributed by atoms with van der Waals surface area (Å²) in [5, 5.41) is 5.74. The molecule has 0 unspecified atom stereocenters. The maximum absolute atomic E-state index is 11.8. The standard InChI is InChI=1S/C16H11NO4S/c1-10(18)20-12-6-4-11(5-7-12)9-13-15(17-21-16(13)19)14-3-2-8-22-14/h2-9H,1H3/b13-9-. The molecule has 3 rings (SSSR count). The summed E-state index contributed by atoms with van der Waals surface area (Å²) in [6.07, 6.45) is 1.70. The first-order chi connectivity index (χ1) is 10.6. The number of nitrogens with zero attached hydrogens (tertiary/aromatic N) is 1. The lowest BCUT2D eigenvalue weighted by atomic mass is 10.1. The Bertz CT molecular complexity index is 773. The van der Waals surface area contributed by atoms with Gasteiger partial charge in [0.1, 0.15) is 11.5 Å². The predicted molar refractivity (Wildman–Crippen MR) is 82.7 cm³/mol. The lowest BCUT2D eigenvalue weighted by Crippen LogP contribution is -2.05. The first-order valence-electron chi connectivity index (χ1n) is 6.47. The van der Waals surface area contributed by atoms with Crippen molar-refractivity contribution < 1.29 is 19.2 Å². The van der Waals surface area contributed by atoms with E-state index in [1.54, 1.807) is 30.3 Å². The lowest BCUT2D eigenvalue weighted by Gasteiger charge is -2.02. The van der Waals surface area contributed by atoms with E-state index in [0.717, 1.165) is 10.4 Å². The molecule has 1 aliphatic rings. The van der Waals surface area contributed by atoms with E-state index in [1.165, 1.54) is 18.3 Å². The number of thiophene rings is 1. The molecule has 2 heterocycles. The lowest BCUT2D eigenvalue weighted by molar-refractivity contribution is -0.136. The number of oxime groups is 1. The molecule has 1 aromatic heterocycles. The second-order valence-corrected chi connectivity index (χ2v) is 5.46. The molecule has 5 nitrogen and oxygen atoms in total. The van der Waals surface area contributed by atoms with Crippen molar-refractivity contribution in [1.29, 1.82) is 0 Å². The highest BCUT2D eigenvalue weighted by Gasteiger charge is 2.27. The smallest absolute Gasteiger partial charge is 0.368 e. The molecule has 0 bridgehead atoms. The van der Waals surface area contributed by atoms with Crippen molar-refractivity contribution in [2.24, 2.45) is 5.16 Å². The molecule has 110 valence electrons. The molecular weight excluding hydrogens is 302 g/mol. The highest BCUT2D eigenvalue weighted by atomic mass is 32.1. The van der Waals surface area contributed by atoms with Crippen molar-refractivity contribution in [1.82, 2.24) is 0 Å². The fraction of sp³-hybridized carbons (Fsp3) is 0.0625. The van der Waals surface area contributed by atoms with Gasteiger partial charge in [0.05, 0.1) is 10.5 Å². The van der Waals surface area contributed by atoms with Gasteiger partial charge in [0.25, 0.3) is 0 Å². The van der Waals surface area contributed by atoms with Gasteiger partial charge in [0.2, 0.25) is 0 Å². The largest absolute Gasteiger partial charge is 0.427 e. The van der Waals surface area contributed by atoms with Gasteiger partial charge >= 0.3 is 11.9 Å². The minimum Gasteiger partial charge on any atom is -0.427 e. The summed E-state index contributed by atoms with van der Waals surface area (Å²) in [6, 6.07) is 10.6. The van der Waals surface area contributed by atoms with Crippen LogP contribution in [0.3, 0.4) is 0 Å². The number of carbonyl (C=O) groups excluding carboxylic acids is 2. The molecule has 1 aliphatic heterocycles. The average Bonchev–Trinajstić information content (AvgIpc) is 3.11. The van der Waals surface area contributed by atoms with Gasteiger partial charge in [-0.2, -0.15) is 0 Å². The zero-order valence-corrected chi connectivity index (χ0v) is 12.4. The third-order valence-electron chi connectivity index (χ3n) is 2.90. The molecular formula is C16H11NO4S. The second kappa shape index (κ2) is 5.95. The Hall–Kier alpha value is -2.73. The van der Waals surface area contributed by atoms with Crippen LogP contribution in [0.2, 0.25) is 0 Å². The molecule has 0 fully saturated rings. The van der Waals surface area contributed by atoms with E-state index in [-0.39, 0.29) is 5.97 Å². The van der Waals surface area contributed by atoms with Crippen LogP contribution in [0.1, 0.15) is 17.4 Å². The first kappa shape index (κ1) is 14.2. The fourth-order valence-electron chi connectivity index (χ4n) is 1.97. The third-order valence-corrected chi connectivity index (χ3v) is 3.78. The Labute approximate surface area is 130 Å². The van der Waals surface area contributed by atoms with Crippen LogP contribution in [0.25, 0.3) is 6.08 Å². The number of benzene rings is 1. The van der Waals surface area contributed by atoms with Crippen LogP contribution in [-0.2, 0) is 14.4 Å². The minimum absolute atomic E-state index is 0.377. The number of hydrogen-bond acceptors (Lipinski definition) is 6. The van der Waals surface area contributed by atoms with Crippen LogP contribution in [-0.4, -0.2) is 17.7 Å². The van der Waals surface area contributed by atoms with Crippen LogP contribution in [0.15, 0.2) is 52.5 Å². The molecule has 0 saturated heterocycles. The van der Waals surface area contributed by atoms with Crippen molar-refractivity contribution in [3.63, 3.8) is 0 Å². The van der Waals surface area contributed by atoms with Crippen LogP contribution in [0.5, 0.6) is 5.75 Å². The van der Waals surface area contributed by atoms with Gasteiger partial charge in [-0.3, -0.25) is 4.79 Å². The van der Waals surface area contributed by atoms with Gasteiger partial charge < -0.3 is 9.57 Å². The first-order valence-corrected chi connectivity index (χ1v) is 7.35. The summed E-state index contributed by atoms with van der Waals surface area (Å²) in [5.74, 6) is -0.402. The Kier molecular flexibility index (Phi) is 3.84. The summed E-state index contributed by atoms with van der Waals surface area (Å²) >= 11 is 1.48. The Morgan fingerprint density at radius 1 is 1.27 bits per heavy atom. The highest BCUT2D eigenvalue weighted by Crippen LogP contribution is 2.24. The van der Waals surface area contributed by atoms with Crippen molar-refractivity contribution in [2.45, 2.75) is 6.92 Å². The number of ether oxygens (including phenoxy) is 1. The Morgan fingerprint density at radius 2 is 2.05 bits per heavy atom. The van der Waals surface area contributed by atoms with Crippen molar-refractivity contribution >= 4 is 35.1 Å². The van der Waals surface area contributed by atoms with E-state index in [0.29, 0.717) is 17.0 Å². The summed E-state index contributed by atoms with van der Waals surface area (Å²) in [7, 11) is 0. The van der Waals surface area contributed by atoms with Crippen LogP contribution < -0.4 is 4.74 Å². The Morgan fingerprint density at radius 3 is 2.68 bits per heavy atom. The fourth-order valence-corrected chi connectivity index (χ4v) is 2.68. The van der Waals surface area contributed by atoms with Crippen molar-refractivity contribution in [3.8, 4) is 5.75 Å². The SMILES string of the molecule is CC(=O)Oc1ccc(/C=C2\C(=O)ON=C2c2cccs2)cc1. The van der Waals surface area contributed by atoms with Crippen LogP contribution in [0.4, 0.5) is 0 Å². The number of rotatable bonds is 3. The summed E-state index contributed by atoms with van der Waals surface area (Å²) in [6.45, 7) is 1.34. The van der Waals surface area contributed by atoms with Crippen molar-refractivity contribution in [3.05, 3.63) is 57.8 Å². The molecule has 2 aromatic rings. The quantitative estimate of drug-likeness (QED) is 0.378. The maximum atomic E-state index is 11.8. The zero-order chi connectivity index (χ0) is 15.5. The van der Waals surface area contributed by atoms with Crippen LogP contribution in [0, 0.1) is 0 Å². The minimum atomic E-state index is -0.479. The molecule has 0 saturated carbocycles. The van der Waals surface area contributed by atoms with Gasteiger partial charge in [-0.1, -0.05) is 23.4 Å². The van der Waals surface area contributed by atoms with E-state index in [9.17, 15) is 9.59 Å². The van der Waals surface area contributed by atoms with Gasteiger partial charge in [-0.25, -0.2) is 4.79 Å². The van der Waals surface area contributed by atoms with Gasteiger partial charge in [0, 0.05) is 6.92 Å². The van der Waals surface area contributed by atoms with Gasteiger partial charge in [-0.15, -0.1) is 11.3 Å². The number of esters is 1. The average molecular weight is 313 g/mol. The van der Waals surface area contributed by atoms with Crippen molar-refractivity contribution in [2.75, 3.05) is 0 Å². The van der Waals surface area contributed by atoms with E-state index < -0.39 is 5.97 Å². The molecule has 0 radical (unpaired) electrons. The molecule has 6 heteroatoms. The molecule has 0 N–H and O–H groups in total. The monoisotopic (exact) mass is 313 g/mol. The summed E-state index contributed by atoms with van der Waals surface area (Å²) < 4.78 is 4.97. The second-order valence-electron chi connectivity index (χ2n) is 4.52. The maximum Gasteiger partial charge on any atom is 0.368 e. The topological polar surface area (TPSA) is 65.0 Å². The number of hydrogen-bond donors (Lipinski definition) is 0. The normalized spacial score (nSPS) is 15.6. The van der Waals surface area contributed by atoms with E-state index in [4.69, 9.17) is 9.57 Å². The van der Waals surface area contributed by atoms with Gasteiger partial charge in [0.15, 0.2) is 0 Å². The third kappa shape index (κ3) is 2.96. The predicted octanol–water partition coefficient (Wildman–Crippen LogP) is 3.02. The Balaban J connectivity index is 1.88. The molecule has 0 atom stereocenters. The molecule has 22 heavy (non-hydrogen) atoms. The van der Waals surface area contributed by atoms with E-state index in [1.807, 2.05) is 17.5 Å². The van der Waals surface area contributed by atoms with E-state index >= 15 is 0 Å². The zero-order valence-electron chi connectivity index (χ0n) is 11.6. The molecule has 0 amide bonds. The highest BCUT2D eigenvalue weighted by molar-refractivity contribution is 7.12. The van der Waals surface area contributed by atoms with Gasteiger partial charge in [-0.05, 0) is 35.2 Å². The molecule has 1 aromatic carbocycles. The molecule has 0 spiro atoms. The van der Waals surface area contributed by atoms with E-state index in [2.05, 4.69) is 5.16 Å².